The van der Waals surface area contributed by atoms with E-state index in [1.807, 2.05) is 37.3 Å². The van der Waals surface area contributed by atoms with Crippen molar-refractivity contribution < 1.29 is 13.9 Å². The number of aliphatic imine (C=N–C) groups is 1. The van der Waals surface area contributed by atoms with Crippen molar-refractivity contribution in [1.29, 1.82) is 0 Å². The summed E-state index contributed by atoms with van der Waals surface area (Å²) in [7, 11) is 1.65. The second-order valence-corrected chi connectivity index (χ2v) is 6.46. The number of benzene rings is 2. The minimum absolute atomic E-state index is 0. The number of guanidine groups is 1. The van der Waals surface area contributed by atoms with Crippen LogP contribution in [0, 0.1) is 5.82 Å². The van der Waals surface area contributed by atoms with Crippen LogP contribution in [0.1, 0.15) is 18.1 Å². The Labute approximate surface area is 198 Å². The number of nitrogens with zero attached hydrogens (tertiary/aromatic N) is 2. The van der Waals surface area contributed by atoms with Gasteiger partial charge in [0.2, 0.25) is 5.88 Å². The minimum atomic E-state index is -0.350. The van der Waals surface area contributed by atoms with Crippen LogP contribution >= 0.6 is 24.0 Å². The summed E-state index contributed by atoms with van der Waals surface area (Å²) in [5.74, 6) is 2.00. The summed E-state index contributed by atoms with van der Waals surface area (Å²) in [6, 6.07) is 17.5. The highest BCUT2D eigenvalue weighted by molar-refractivity contribution is 14.0. The maximum absolute atomic E-state index is 13.2. The quantitative estimate of drug-likeness (QED) is 0.244. The standard InChI is InChI=1S/C23H25FN4O2.HI/c1-3-25-23(27-14-17-7-10-20(29-2)11-8-17)28-16-18-9-12-22(26-15-18)30-21-6-4-5-19(24)13-21;/h4-13,15H,3,14,16H2,1-2H3,(H2,25,27,28);1H. The maximum atomic E-state index is 13.2. The molecule has 0 atom stereocenters. The predicted molar refractivity (Wildman–Crippen MR) is 131 cm³/mol. The van der Waals surface area contributed by atoms with Crippen molar-refractivity contribution in [2.75, 3.05) is 13.7 Å². The molecule has 1 heterocycles. The Kier molecular flexibility index (Phi) is 10.0. The van der Waals surface area contributed by atoms with Crippen LogP contribution in [-0.4, -0.2) is 24.6 Å². The molecule has 0 unspecified atom stereocenters. The van der Waals surface area contributed by atoms with Crippen molar-refractivity contribution in [1.82, 2.24) is 15.6 Å². The van der Waals surface area contributed by atoms with E-state index >= 15 is 0 Å². The fourth-order valence-corrected chi connectivity index (χ4v) is 2.66. The summed E-state index contributed by atoms with van der Waals surface area (Å²) < 4.78 is 24.0. The number of aromatic nitrogens is 1. The first-order chi connectivity index (χ1) is 14.7. The molecular weight excluding hydrogens is 510 g/mol. The van der Waals surface area contributed by atoms with E-state index in [9.17, 15) is 4.39 Å². The van der Waals surface area contributed by atoms with Crippen LogP contribution in [0.4, 0.5) is 4.39 Å². The lowest BCUT2D eigenvalue weighted by Gasteiger charge is -2.12. The number of halogens is 2. The molecule has 3 rings (SSSR count). The molecule has 0 saturated heterocycles. The van der Waals surface area contributed by atoms with Crippen molar-refractivity contribution in [3.05, 3.63) is 83.8 Å². The highest BCUT2D eigenvalue weighted by atomic mass is 127. The number of hydrogen-bond acceptors (Lipinski definition) is 4. The Morgan fingerprint density at radius 2 is 1.77 bits per heavy atom. The van der Waals surface area contributed by atoms with E-state index in [1.165, 1.54) is 12.1 Å². The normalized spacial score (nSPS) is 10.7. The molecule has 31 heavy (non-hydrogen) atoms. The first-order valence-corrected chi connectivity index (χ1v) is 9.69. The molecule has 164 valence electrons. The van der Waals surface area contributed by atoms with Crippen LogP contribution in [0.2, 0.25) is 0 Å². The summed E-state index contributed by atoms with van der Waals surface area (Å²) in [5, 5.41) is 6.54. The topological polar surface area (TPSA) is 67.8 Å². The molecule has 0 spiro atoms. The Bertz CT molecular complexity index is 966. The zero-order valence-electron chi connectivity index (χ0n) is 17.5. The molecule has 0 saturated carbocycles. The highest BCUT2D eigenvalue weighted by Crippen LogP contribution is 2.20. The van der Waals surface area contributed by atoms with Crippen LogP contribution in [0.5, 0.6) is 17.4 Å². The van der Waals surface area contributed by atoms with E-state index in [-0.39, 0.29) is 29.8 Å². The van der Waals surface area contributed by atoms with Gasteiger partial charge in [-0.3, -0.25) is 0 Å². The second kappa shape index (κ2) is 12.7. The van der Waals surface area contributed by atoms with Crippen LogP contribution in [0.3, 0.4) is 0 Å². The van der Waals surface area contributed by atoms with Gasteiger partial charge in [-0.15, -0.1) is 24.0 Å². The van der Waals surface area contributed by atoms with E-state index in [0.29, 0.717) is 30.7 Å². The molecule has 0 fully saturated rings. The van der Waals surface area contributed by atoms with Gasteiger partial charge >= 0.3 is 0 Å². The maximum Gasteiger partial charge on any atom is 0.219 e. The van der Waals surface area contributed by atoms with Crippen LogP contribution in [-0.2, 0) is 13.1 Å². The smallest absolute Gasteiger partial charge is 0.219 e. The number of hydrogen-bond donors (Lipinski definition) is 2. The van der Waals surface area contributed by atoms with Gasteiger partial charge in [0.25, 0.3) is 0 Å². The largest absolute Gasteiger partial charge is 0.497 e. The molecule has 2 aromatic carbocycles. The molecule has 0 aliphatic rings. The third-order valence-corrected chi connectivity index (χ3v) is 4.20. The van der Waals surface area contributed by atoms with Crippen LogP contribution in [0.25, 0.3) is 0 Å². The fraction of sp³-hybridized carbons (Fsp3) is 0.217. The lowest BCUT2D eigenvalue weighted by Crippen LogP contribution is -2.36. The van der Waals surface area contributed by atoms with Gasteiger partial charge in [0.05, 0.1) is 13.7 Å². The summed E-state index contributed by atoms with van der Waals surface area (Å²) in [4.78, 5) is 8.87. The van der Waals surface area contributed by atoms with Crippen LogP contribution < -0.4 is 20.1 Å². The van der Waals surface area contributed by atoms with E-state index in [0.717, 1.165) is 23.4 Å². The molecule has 0 aliphatic carbocycles. The van der Waals surface area contributed by atoms with Gasteiger partial charge in [-0.2, -0.15) is 0 Å². The SMILES string of the molecule is CCNC(=NCc1ccc(Oc2cccc(F)c2)nc1)NCc1ccc(OC)cc1.I. The van der Waals surface area contributed by atoms with Crippen molar-refractivity contribution in [3.63, 3.8) is 0 Å². The minimum Gasteiger partial charge on any atom is -0.497 e. The van der Waals surface area contributed by atoms with Gasteiger partial charge in [-0.05, 0) is 42.3 Å². The molecule has 0 amide bonds. The Hall–Kier alpha value is -2.88. The van der Waals surface area contributed by atoms with Crippen molar-refractivity contribution in [2.45, 2.75) is 20.0 Å². The molecular formula is C23H26FIN4O2. The zero-order chi connectivity index (χ0) is 21.2. The lowest BCUT2D eigenvalue weighted by atomic mass is 10.2. The highest BCUT2D eigenvalue weighted by Gasteiger charge is 2.02. The number of pyridine rings is 1. The van der Waals surface area contributed by atoms with E-state index < -0.39 is 0 Å². The van der Waals surface area contributed by atoms with Crippen molar-refractivity contribution in [3.8, 4) is 17.4 Å². The Morgan fingerprint density at radius 3 is 2.42 bits per heavy atom. The third kappa shape index (κ3) is 8.05. The first kappa shape index (κ1) is 24.4. The fourth-order valence-electron chi connectivity index (χ4n) is 2.66. The second-order valence-electron chi connectivity index (χ2n) is 6.46. The molecule has 3 aromatic rings. The predicted octanol–water partition coefficient (Wildman–Crippen LogP) is 4.89. The molecule has 2 N–H and O–H groups in total. The average molecular weight is 536 g/mol. The number of rotatable bonds is 8. The summed E-state index contributed by atoms with van der Waals surface area (Å²) in [5.41, 5.74) is 2.06. The summed E-state index contributed by atoms with van der Waals surface area (Å²) in [6.45, 7) is 3.89. The molecule has 1 aromatic heterocycles. The van der Waals surface area contributed by atoms with E-state index in [4.69, 9.17) is 9.47 Å². The molecule has 0 radical (unpaired) electrons. The molecule has 6 nitrogen and oxygen atoms in total. The lowest BCUT2D eigenvalue weighted by molar-refractivity contribution is 0.414. The third-order valence-electron chi connectivity index (χ3n) is 4.20. The molecule has 0 aliphatic heterocycles. The Morgan fingerprint density at radius 1 is 1.00 bits per heavy atom. The van der Waals surface area contributed by atoms with Gasteiger partial charge in [0.15, 0.2) is 5.96 Å². The number of methoxy groups -OCH3 is 1. The van der Waals surface area contributed by atoms with Gasteiger partial charge in [0, 0.05) is 31.4 Å². The summed E-state index contributed by atoms with van der Waals surface area (Å²) in [6.07, 6.45) is 1.70. The molecule has 8 heteroatoms. The van der Waals surface area contributed by atoms with Gasteiger partial charge in [-0.25, -0.2) is 14.4 Å². The summed E-state index contributed by atoms with van der Waals surface area (Å²) >= 11 is 0. The van der Waals surface area contributed by atoms with E-state index in [1.54, 1.807) is 31.5 Å². The van der Waals surface area contributed by atoms with Gasteiger partial charge in [0.1, 0.15) is 17.3 Å². The monoisotopic (exact) mass is 536 g/mol. The van der Waals surface area contributed by atoms with Crippen molar-refractivity contribution >= 4 is 29.9 Å². The van der Waals surface area contributed by atoms with Gasteiger partial charge < -0.3 is 20.1 Å². The number of nitrogens with one attached hydrogen (secondary N) is 2. The average Bonchev–Trinajstić information content (AvgIpc) is 2.77. The number of ether oxygens (including phenoxy) is 2. The molecule has 0 bridgehead atoms. The Balaban J connectivity index is 0.00000341. The van der Waals surface area contributed by atoms with Crippen LogP contribution in [0.15, 0.2) is 71.9 Å². The van der Waals surface area contributed by atoms with Crippen molar-refractivity contribution in [2.24, 2.45) is 4.99 Å². The first-order valence-electron chi connectivity index (χ1n) is 9.69. The van der Waals surface area contributed by atoms with E-state index in [2.05, 4.69) is 20.6 Å². The van der Waals surface area contributed by atoms with Gasteiger partial charge in [-0.1, -0.05) is 24.3 Å². The zero-order valence-corrected chi connectivity index (χ0v) is 19.8.